The van der Waals surface area contributed by atoms with Gasteiger partial charge in [0.25, 0.3) is 0 Å². The molecule has 1 saturated carbocycles. The molecule has 5 heteroatoms. The predicted octanol–water partition coefficient (Wildman–Crippen LogP) is 2.13. The van der Waals surface area contributed by atoms with Crippen LogP contribution >= 0.6 is 0 Å². The minimum Gasteiger partial charge on any atom is -0.504 e. The van der Waals surface area contributed by atoms with Gasteiger partial charge in [-0.15, -0.1) is 0 Å². The molecule has 0 atom stereocenters. The number of carboxylic acids is 1. The van der Waals surface area contributed by atoms with Crippen molar-refractivity contribution in [3.05, 3.63) is 23.5 Å². The van der Waals surface area contributed by atoms with E-state index in [4.69, 9.17) is 5.11 Å². The number of phenols is 2. The van der Waals surface area contributed by atoms with Crippen LogP contribution in [0.3, 0.4) is 0 Å². The monoisotopic (exact) mass is 240 g/mol. The molecular weight excluding hydrogens is 227 g/mol. The lowest BCUT2D eigenvalue weighted by atomic mass is 9.78. The molecule has 0 aliphatic heterocycles. The fourth-order valence-electron chi connectivity index (χ4n) is 2.50. The Morgan fingerprint density at radius 1 is 1.24 bits per heavy atom. The molecular formula is C12H13FO4. The first-order valence-electron chi connectivity index (χ1n) is 5.43. The summed E-state index contributed by atoms with van der Waals surface area (Å²) in [7, 11) is 0. The van der Waals surface area contributed by atoms with Gasteiger partial charge in [-0.2, -0.15) is 0 Å². The Balaban J connectivity index is 2.59. The van der Waals surface area contributed by atoms with Crippen molar-refractivity contribution in [3.8, 4) is 11.5 Å². The van der Waals surface area contributed by atoms with E-state index < -0.39 is 28.7 Å². The van der Waals surface area contributed by atoms with Crippen molar-refractivity contribution in [2.24, 2.45) is 0 Å². The van der Waals surface area contributed by atoms with Gasteiger partial charge in [0.05, 0.1) is 5.41 Å². The van der Waals surface area contributed by atoms with Gasteiger partial charge in [-0.05, 0) is 18.9 Å². The van der Waals surface area contributed by atoms with Gasteiger partial charge in [-0.1, -0.05) is 18.9 Å². The Morgan fingerprint density at radius 3 is 2.35 bits per heavy atom. The van der Waals surface area contributed by atoms with Crippen molar-refractivity contribution in [1.82, 2.24) is 0 Å². The van der Waals surface area contributed by atoms with E-state index in [0.717, 1.165) is 6.07 Å². The number of aromatic hydroxyl groups is 2. The fraction of sp³-hybridized carbons (Fsp3) is 0.417. The van der Waals surface area contributed by atoms with E-state index in [9.17, 15) is 19.4 Å². The van der Waals surface area contributed by atoms with Crippen molar-refractivity contribution in [2.45, 2.75) is 31.1 Å². The second kappa shape index (κ2) is 3.91. The van der Waals surface area contributed by atoms with E-state index >= 15 is 0 Å². The average Bonchev–Trinajstić information content (AvgIpc) is 2.76. The molecule has 1 aromatic rings. The summed E-state index contributed by atoms with van der Waals surface area (Å²) in [6.45, 7) is 0. The summed E-state index contributed by atoms with van der Waals surface area (Å²) in [4.78, 5) is 11.4. The van der Waals surface area contributed by atoms with E-state index in [1.54, 1.807) is 0 Å². The number of halogens is 1. The van der Waals surface area contributed by atoms with Crippen LogP contribution in [0.5, 0.6) is 11.5 Å². The summed E-state index contributed by atoms with van der Waals surface area (Å²) in [6, 6.07) is 2.36. The summed E-state index contributed by atoms with van der Waals surface area (Å²) in [5.74, 6) is -3.58. The topological polar surface area (TPSA) is 77.8 Å². The van der Waals surface area contributed by atoms with E-state index in [1.165, 1.54) is 6.07 Å². The minimum absolute atomic E-state index is 0.0437. The summed E-state index contributed by atoms with van der Waals surface area (Å²) < 4.78 is 13.8. The molecule has 17 heavy (non-hydrogen) atoms. The molecule has 0 amide bonds. The standard InChI is InChI=1S/C12H13FO4/c13-9-7(3-4-8(14)10(9)15)12(11(16)17)5-1-2-6-12/h3-4,14-15H,1-2,5-6H2,(H,16,17). The Morgan fingerprint density at radius 2 is 1.82 bits per heavy atom. The molecule has 2 rings (SSSR count). The van der Waals surface area contributed by atoms with Crippen molar-refractivity contribution < 1.29 is 24.5 Å². The number of aliphatic carboxylic acids is 1. The highest BCUT2D eigenvalue weighted by Crippen LogP contribution is 2.45. The van der Waals surface area contributed by atoms with Gasteiger partial charge in [-0.3, -0.25) is 4.79 Å². The third kappa shape index (κ3) is 1.62. The number of rotatable bonds is 2. The average molecular weight is 240 g/mol. The molecule has 1 aliphatic rings. The maximum Gasteiger partial charge on any atom is 0.314 e. The molecule has 0 bridgehead atoms. The quantitative estimate of drug-likeness (QED) is 0.692. The van der Waals surface area contributed by atoms with Crippen LogP contribution in [0.25, 0.3) is 0 Å². The van der Waals surface area contributed by atoms with Crippen LogP contribution in [0.1, 0.15) is 31.2 Å². The summed E-state index contributed by atoms with van der Waals surface area (Å²) in [6.07, 6.45) is 2.13. The van der Waals surface area contributed by atoms with Crippen LogP contribution in [0, 0.1) is 5.82 Å². The second-order valence-corrected chi connectivity index (χ2v) is 4.39. The lowest BCUT2D eigenvalue weighted by Gasteiger charge is -2.25. The highest BCUT2D eigenvalue weighted by molar-refractivity contribution is 5.82. The largest absolute Gasteiger partial charge is 0.504 e. The normalized spacial score (nSPS) is 18.2. The van der Waals surface area contributed by atoms with Crippen molar-refractivity contribution in [2.75, 3.05) is 0 Å². The van der Waals surface area contributed by atoms with Crippen LogP contribution in [-0.2, 0) is 10.2 Å². The van der Waals surface area contributed by atoms with Crippen LogP contribution in [-0.4, -0.2) is 21.3 Å². The first kappa shape index (κ1) is 11.7. The van der Waals surface area contributed by atoms with Gasteiger partial charge in [0, 0.05) is 5.56 Å². The molecule has 0 aromatic heterocycles. The van der Waals surface area contributed by atoms with Crippen molar-refractivity contribution in [1.29, 1.82) is 0 Å². The van der Waals surface area contributed by atoms with Crippen LogP contribution < -0.4 is 0 Å². The first-order chi connectivity index (χ1) is 7.99. The first-order valence-corrected chi connectivity index (χ1v) is 5.43. The maximum absolute atomic E-state index is 13.8. The molecule has 0 unspecified atom stereocenters. The SMILES string of the molecule is O=C(O)C1(c2ccc(O)c(O)c2F)CCCC1. The molecule has 1 aliphatic carbocycles. The van der Waals surface area contributed by atoms with Gasteiger partial charge < -0.3 is 15.3 Å². The Bertz CT molecular complexity index is 464. The summed E-state index contributed by atoms with van der Waals surface area (Å²) >= 11 is 0. The van der Waals surface area contributed by atoms with E-state index in [2.05, 4.69) is 0 Å². The third-order valence-corrected chi connectivity index (χ3v) is 3.48. The minimum atomic E-state index is -1.27. The van der Waals surface area contributed by atoms with Crippen molar-refractivity contribution in [3.63, 3.8) is 0 Å². The predicted molar refractivity (Wildman–Crippen MR) is 57.5 cm³/mol. The van der Waals surface area contributed by atoms with E-state index in [1.807, 2.05) is 0 Å². The van der Waals surface area contributed by atoms with Crippen LogP contribution in [0.4, 0.5) is 4.39 Å². The highest BCUT2D eigenvalue weighted by Gasteiger charge is 2.45. The smallest absolute Gasteiger partial charge is 0.314 e. The summed E-state index contributed by atoms with van der Waals surface area (Å²) in [5, 5.41) is 27.8. The number of carboxylic acid groups (broad SMARTS) is 1. The molecule has 92 valence electrons. The number of hydrogen-bond acceptors (Lipinski definition) is 3. The fourth-order valence-corrected chi connectivity index (χ4v) is 2.50. The van der Waals surface area contributed by atoms with Gasteiger partial charge in [-0.25, -0.2) is 4.39 Å². The van der Waals surface area contributed by atoms with Crippen LogP contribution in [0.15, 0.2) is 12.1 Å². The molecule has 1 aromatic carbocycles. The van der Waals surface area contributed by atoms with Gasteiger partial charge >= 0.3 is 5.97 Å². The zero-order valence-corrected chi connectivity index (χ0v) is 9.11. The van der Waals surface area contributed by atoms with Crippen molar-refractivity contribution >= 4 is 5.97 Å². The number of benzene rings is 1. The second-order valence-electron chi connectivity index (χ2n) is 4.39. The maximum atomic E-state index is 13.8. The van der Waals surface area contributed by atoms with E-state index in [-0.39, 0.29) is 5.56 Å². The third-order valence-electron chi connectivity index (χ3n) is 3.48. The molecule has 4 nitrogen and oxygen atoms in total. The Hall–Kier alpha value is -1.78. The highest BCUT2D eigenvalue weighted by atomic mass is 19.1. The molecule has 1 fully saturated rings. The number of carbonyl (C=O) groups is 1. The lowest BCUT2D eigenvalue weighted by molar-refractivity contribution is -0.143. The summed E-state index contributed by atoms with van der Waals surface area (Å²) in [5.41, 5.74) is -1.31. The van der Waals surface area contributed by atoms with Gasteiger partial charge in [0.2, 0.25) is 0 Å². The number of hydrogen-bond donors (Lipinski definition) is 3. The van der Waals surface area contributed by atoms with E-state index in [0.29, 0.717) is 25.7 Å². The zero-order valence-electron chi connectivity index (χ0n) is 9.11. The lowest BCUT2D eigenvalue weighted by Crippen LogP contribution is -2.33. The molecule has 0 heterocycles. The Kier molecular flexibility index (Phi) is 2.69. The van der Waals surface area contributed by atoms with Crippen LogP contribution in [0.2, 0.25) is 0 Å². The molecule has 0 saturated heterocycles. The van der Waals surface area contributed by atoms with Gasteiger partial charge in [0.15, 0.2) is 17.3 Å². The number of phenolic OH excluding ortho intramolecular Hbond substituents is 2. The van der Waals surface area contributed by atoms with Gasteiger partial charge in [0.1, 0.15) is 0 Å². The Labute approximate surface area is 97.3 Å². The molecule has 0 spiro atoms. The zero-order chi connectivity index (χ0) is 12.6. The molecule has 0 radical (unpaired) electrons. The molecule has 3 N–H and O–H groups in total.